The van der Waals surface area contributed by atoms with Gasteiger partial charge in [-0.25, -0.2) is 18.4 Å². The fourth-order valence-corrected chi connectivity index (χ4v) is 4.61. The van der Waals surface area contributed by atoms with E-state index in [-0.39, 0.29) is 76.3 Å². The molecule has 2 heterocycles. The second kappa shape index (κ2) is 16.0. The second-order valence-corrected chi connectivity index (χ2v) is 10.2. The fourth-order valence-electron chi connectivity index (χ4n) is 3.47. The van der Waals surface area contributed by atoms with Crippen molar-refractivity contribution in [3.63, 3.8) is 0 Å². The van der Waals surface area contributed by atoms with E-state index in [1.807, 2.05) is 0 Å². The predicted molar refractivity (Wildman–Crippen MR) is 140 cm³/mol. The van der Waals surface area contributed by atoms with Crippen molar-refractivity contribution in [2.45, 2.75) is 37.5 Å². The monoisotopic (exact) mass is 626 g/mol. The summed E-state index contributed by atoms with van der Waals surface area (Å²) in [5, 5.41) is 19.8. The molecule has 4 rings (SSSR count). The van der Waals surface area contributed by atoms with Gasteiger partial charge in [0, 0.05) is 22.5 Å². The summed E-state index contributed by atoms with van der Waals surface area (Å²) in [6, 6.07) is 8.92. The Labute approximate surface area is 290 Å². The third-order valence-electron chi connectivity index (χ3n) is 4.95. The quantitative estimate of drug-likeness (QED) is 0.0483. The number of hydrogen-bond donors (Lipinski definition) is 2. The summed E-state index contributed by atoms with van der Waals surface area (Å²) in [5.41, 5.74) is 1.11. The minimum atomic E-state index is -4.91. The molecule has 0 saturated carbocycles. The molecule has 0 unspecified atom stereocenters. The molecule has 206 valence electrons. The molecular weight excluding hydrogens is 606 g/mol. The topological polar surface area (TPSA) is 200 Å². The Bertz CT molecular complexity index is 1710. The van der Waals surface area contributed by atoms with Gasteiger partial charge < -0.3 is 20.4 Å². The molecule has 0 aliphatic rings. The molecule has 0 spiro atoms. The van der Waals surface area contributed by atoms with E-state index in [9.17, 15) is 18.2 Å². The van der Waals surface area contributed by atoms with Crippen LogP contribution in [-0.2, 0) is 19.5 Å². The molecule has 14 nitrogen and oxygen atoms in total. The van der Waals surface area contributed by atoms with Gasteiger partial charge in [-0.2, -0.15) is 24.3 Å². The molecule has 4 aromatic rings. The van der Waals surface area contributed by atoms with Gasteiger partial charge in [0.05, 0.1) is 21.8 Å². The molecule has 0 amide bonds. The molecule has 42 heavy (non-hydrogen) atoms. The van der Waals surface area contributed by atoms with E-state index in [1.165, 1.54) is 12.1 Å². The fraction of sp³-hybridized carbons (Fsp3) is 0.167. The molecule has 0 fully saturated rings. The maximum atomic E-state index is 12.1. The molecule has 0 aliphatic carbocycles. The standard InChI is InChI=1S/C24H22N8O6S2.2Na/c1-13-25-14(2)28-23(27-13)31-19-9-7-17(21(11-19)39-38-37-33)5-6-18-8-10-20(12-22(18)40(34,35)36)32-24-29-15(3)26-16(4)30-24;;/h7-12,33H,1-4H3,(H,34,35,36)(H,25,27,28,31)(H,26,29,30,32);;/q;2*+1/p-2. The van der Waals surface area contributed by atoms with Crippen LogP contribution in [0.4, 0.5) is 23.3 Å². The van der Waals surface area contributed by atoms with E-state index in [1.54, 1.807) is 45.9 Å². The number of aryl methyl sites for hydroxylation is 4. The molecule has 18 heteroatoms. The summed E-state index contributed by atoms with van der Waals surface area (Å²) in [6.07, 6.45) is 0. The summed E-state index contributed by atoms with van der Waals surface area (Å²) in [4.78, 5) is 24.7. The van der Waals surface area contributed by atoms with Crippen LogP contribution in [0, 0.1) is 39.5 Å². The van der Waals surface area contributed by atoms with Gasteiger partial charge in [-0.15, -0.1) is 0 Å². The van der Waals surface area contributed by atoms with Crippen molar-refractivity contribution in [2.24, 2.45) is 0 Å². The number of nitrogens with one attached hydrogen (secondary N) is 2. The molecule has 2 aromatic heterocycles. The van der Waals surface area contributed by atoms with Gasteiger partial charge in [0.1, 0.15) is 33.4 Å². The van der Waals surface area contributed by atoms with Crippen LogP contribution in [0.25, 0.3) is 0 Å². The van der Waals surface area contributed by atoms with Crippen LogP contribution in [0.3, 0.4) is 0 Å². The van der Waals surface area contributed by atoms with Gasteiger partial charge in [-0.05, 0) is 64.1 Å². The van der Waals surface area contributed by atoms with Crippen molar-refractivity contribution in [2.75, 3.05) is 10.6 Å². The zero-order chi connectivity index (χ0) is 28.9. The SMILES string of the molecule is Cc1nc(C)nc(Nc2ccc(C#Cc3ccc(Nc4nc(C)nc(C)n4)cc3S(=O)(=O)[O-])c(SOO[O-])c2)n1.[Na+].[Na+]. The van der Waals surface area contributed by atoms with Crippen LogP contribution in [0.5, 0.6) is 0 Å². The normalized spacial score (nSPS) is 10.5. The van der Waals surface area contributed by atoms with Gasteiger partial charge in [0.2, 0.25) is 11.9 Å². The average molecular weight is 627 g/mol. The summed E-state index contributed by atoms with van der Waals surface area (Å²) in [5.74, 6) is 8.00. The molecule has 0 saturated heterocycles. The first kappa shape index (κ1) is 36.0. The summed E-state index contributed by atoms with van der Waals surface area (Å²) in [7, 11) is -4.91. The minimum absolute atomic E-state index is 0. The predicted octanol–water partition coefficient (Wildman–Crippen LogP) is -3.68. The van der Waals surface area contributed by atoms with Crippen LogP contribution in [0.1, 0.15) is 34.4 Å². The molecule has 0 aliphatic heterocycles. The van der Waals surface area contributed by atoms with Crippen LogP contribution in [0.15, 0.2) is 46.2 Å². The molecule has 0 radical (unpaired) electrons. The van der Waals surface area contributed by atoms with Gasteiger partial charge in [0.25, 0.3) is 0 Å². The molecule has 2 aromatic carbocycles. The van der Waals surface area contributed by atoms with Crippen molar-refractivity contribution < 1.29 is 86.7 Å². The minimum Gasteiger partial charge on any atom is -0.744 e. The molecule has 0 bridgehead atoms. The van der Waals surface area contributed by atoms with Gasteiger partial charge in [0.15, 0.2) is 0 Å². The van der Waals surface area contributed by atoms with Gasteiger partial charge in [-0.1, -0.05) is 11.8 Å². The first-order valence-corrected chi connectivity index (χ1v) is 13.5. The van der Waals surface area contributed by atoms with Crippen molar-refractivity contribution >= 4 is 45.4 Å². The Morgan fingerprint density at radius 1 is 0.738 bits per heavy atom. The summed E-state index contributed by atoms with van der Waals surface area (Å²) >= 11 is 0.590. The number of nitrogens with zero attached hydrogens (tertiary/aromatic N) is 6. The molecular formula is C24H20N8Na2O6S2. The van der Waals surface area contributed by atoms with Crippen molar-refractivity contribution in [3.05, 3.63) is 70.8 Å². The van der Waals surface area contributed by atoms with Crippen molar-refractivity contribution in [3.8, 4) is 11.8 Å². The Balaban J connectivity index is 0.00000308. The Hall–Kier alpha value is -2.24. The molecule has 2 N–H and O–H groups in total. The maximum Gasteiger partial charge on any atom is 1.00 e. The van der Waals surface area contributed by atoms with Crippen molar-refractivity contribution in [1.82, 2.24) is 29.9 Å². The van der Waals surface area contributed by atoms with Crippen LogP contribution in [0.2, 0.25) is 0 Å². The zero-order valence-electron chi connectivity index (χ0n) is 23.4. The average Bonchev–Trinajstić information content (AvgIpc) is 2.85. The summed E-state index contributed by atoms with van der Waals surface area (Å²) in [6.45, 7) is 6.83. The largest absolute Gasteiger partial charge is 1.00 e. The second-order valence-electron chi connectivity index (χ2n) is 8.10. The first-order valence-electron chi connectivity index (χ1n) is 11.3. The van der Waals surface area contributed by atoms with Crippen LogP contribution < -0.4 is 75.0 Å². The van der Waals surface area contributed by atoms with Crippen LogP contribution in [-0.4, -0.2) is 42.9 Å². The molecule has 0 atom stereocenters. The van der Waals surface area contributed by atoms with Crippen LogP contribution >= 0.6 is 12.0 Å². The first-order chi connectivity index (χ1) is 19.0. The van der Waals surface area contributed by atoms with Crippen molar-refractivity contribution in [1.29, 1.82) is 0 Å². The zero-order valence-corrected chi connectivity index (χ0v) is 29.0. The maximum absolute atomic E-state index is 12.1. The number of aromatic nitrogens is 6. The van der Waals surface area contributed by atoms with E-state index >= 15 is 0 Å². The van der Waals surface area contributed by atoms with E-state index in [0.29, 0.717) is 57.4 Å². The van der Waals surface area contributed by atoms with E-state index < -0.39 is 15.0 Å². The number of anilines is 4. The Kier molecular flexibility index (Phi) is 13.7. The Morgan fingerprint density at radius 3 is 1.67 bits per heavy atom. The van der Waals surface area contributed by atoms with E-state index in [4.69, 9.17) is 0 Å². The third kappa shape index (κ3) is 10.2. The Morgan fingerprint density at radius 2 is 1.19 bits per heavy atom. The van der Waals surface area contributed by atoms with E-state index in [2.05, 4.69) is 61.8 Å². The number of hydrogen-bond acceptors (Lipinski definition) is 15. The van der Waals surface area contributed by atoms with E-state index in [0.717, 1.165) is 6.07 Å². The smallest absolute Gasteiger partial charge is 0.744 e. The van der Waals surface area contributed by atoms with Gasteiger partial charge in [-0.3, -0.25) is 5.04 Å². The number of rotatable bonds is 8. The summed E-state index contributed by atoms with van der Waals surface area (Å²) < 4.78 is 40.7. The number of benzene rings is 2. The third-order valence-corrected chi connectivity index (χ3v) is 6.46. The van der Waals surface area contributed by atoms with Gasteiger partial charge >= 0.3 is 59.1 Å².